The molecular formula is C14H17N5O2S. The van der Waals surface area contributed by atoms with Gasteiger partial charge < -0.3 is 9.84 Å². The molecule has 2 aromatic rings. The summed E-state index contributed by atoms with van der Waals surface area (Å²) in [6, 6.07) is 0.374. The van der Waals surface area contributed by atoms with E-state index in [1.54, 1.807) is 11.3 Å². The molecule has 1 aliphatic carbocycles. The van der Waals surface area contributed by atoms with Crippen LogP contribution in [0, 0.1) is 0 Å². The van der Waals surface area contributed by atoms with Gasteiger partial charge in [0.15, 0.2) is 0 Å². The first-order chi connectivity index (χ1) is 10.8. The number of nitrogens with one attached hydrogen (secondary N) is 1. The Morgan fingerprint density at radius 3 is 3.14 bits per heavy atom. The third-order valence-electron chi connectivity index (χ3n) is 4.05. The first kappa shape index (κ1) is 13.8. The maximum absolute atomic E-state index is 11.9. The quantitative estimate of drug-likeness (QED) is 0.904. The number of hydrogen-bond acceptors (Lipinski definition) is 7. The average Bonchev–Trinajstić information content (AvgIpc) is 2.98. The van der Waals surface area contributed by atoms with Gasteiger partial charge in [0.25, 0.3) is 11.7 Å². The fraction of sp³-hybridized carbons (Fsp3) is 0.571. The maximum atomic E-state index is 11.9. The normalized spacial score (nSPS) is 22.1. The Morgan fingerprint density at radius 1 is 1.45 bits per heavy atom. The van der Waals surface area contributed by atoms with Crippen molar-refractivity contribution >= 4 is 17.2 Å². The van der Waals surface area contributed by atoms with Crippen LogP contribution in [0.3, 0.4) is 0 Å². The number of hydrogen-bond donors (Lipinski definition) is 1. The van der Waals surface area contributed by atoms with Crippen molar-refractivity contribution in [1.82, 2.24) is 25.3 Å². The SMILES string of the molecule is O=C(NC1CC1)c1noc([C@H]2CCCN2Cc2cscn2)n1. The molecule has 0 bridgehead atoms. The van der Waals surface area contributed by atoms with Crippen LogP contribution in [0.5, 0.6) is 0 Å². The van der Waals surface area contributed by atoms with Crippen molar-refractivity contribution in [3.63, 3.8) is 0 Å². The van der Waals surface area contributed by atoms with Crippen molar-refractivity contribution in [3.8, 4) is 0 Å². The van der Waals surface area contributed by atoms with E-state index in [1.807, 2.05) is 5.51 Å². The summed E-state index contributed by atoms with van der Waals surface area (Å²) >= 11 is 1.60. The number of thiazole rings is 1. The lowest BCUT2D eigenvalue weighted by molar-refractivity contribution is 0.0937. The summed E-state index contributed by atoms with van der Waals surface area (Å²) in [5.74, 6) is 0.442. The molecule has 1 amide bonds. The van der Waals surface area contributed by atoms with Crippen LogP contribution >= 0.6 is 11.3 Å². The van der Waals surface area contributed by atoms with E-state index in [4.69, 9.17) is 4.52 Å². The van der Waals surface area contributed by atoms with E-state index in [0.29, 0.717) is 11.9 Å². The van der Waals surface area contributed by atoms with Crippen molar-refractivity contribution in [2.24, 2.45) is 0 Å². The van der Waals surface area contributed by atoms with Gasteiger partial charge >= 0.3 is 0 Å². The average molecular weight is 319 g/mol. The highest BCUT2D eigenvalue weighted by molar-refractivity contribution is 7.07. The third kappa shape index (κ3) is 2.89. The molecule has 3 heterocycles. The lowest BCUT2D eigenvalue weighted by Crippen LogP contribution is -2.27. The molecule has 4 rings (SSSR count). The maximum Gasteiger partial charge on any atom is 0.292 e. The van der Waals surface area contributed by atoms with Gasteiger partial charge in [-0.1, -0.05) is 5.16 Å². The first-order valence-corrected chi connectivity index (χ1v) is 8.49. The summed E-state index contributed by atoms with van der Waals surface area (Å²) in [7, 11) is 0. The molecule has 1 saturated heterocycles. The zero-order chi connectivity index (χ0) is 14.9. The standard InChI is InChI=1S/C14H17N5O2S/c20-13(16-9-3-4-9)12-17-14(21-18-12)11-2-1-5-19(11)6-10-7-22-8-15-10/h7-9,11H,1-6H2,(H,16,20)/t11-/m1/s1. The summed E-state index contributed by atoms with van der Waals surface area (Å²) in [5, 5.41) is 8.76. The molecule has 8 heteroatoms. The van der Waals surface area contributed by atoms with Crippen LogP contribution in [0.4, 0.5) is 0 Å². The smallest absolute Gasteiger partial charge is 0.292 e. The Morgan fingerprint density at radius 2 is 2.36 bits per heavy atom. The summed E-state index contributed by atoms with van der Waals surface area (Å²) < 4.78 is 5.34. The molecule has 2 aromatic heterocycles. The molecule has 1 atom stereocenters. The molecule has 0 spiro atoms. The van der Waals surface area contributed by atoms with Crippen LogP contribution in [-0.4, -0.2) is 38.5 Å². The van der Waals surface area contributed by atoms with E-state index < -0.39 is 0 Å². The largest absolute Gasteiger partial charge is 0.346 e. The third-order valence-corrected chi connectivity index (χ3v) is 4.69. The molecule has 0 unspecified atom stereocenters. The Kier molecular flexibility index (Phi) is 3.63. The van der Waals surface area contributed by atoms with Gasteiger partial charge in [-0.15, -0.1) is 11.3 Å². The minimum absolute atomic E-state index is 0.0803. The van der Waals surface area contributed by atoms with Gasteiger partial charge in [-0.2, -0.15) is 4.98 Å². The molecule has 2 fully saturated rings. The van der Waals surface area contributed by atoms with Gasteiger partial charge in [-0.25, -0.2) is 4.98 Å². The summed E-state index contributed by atoms with van der Waals surface area (Å²) in [6.45, 7) is 1.76. The minimum atomic E-state index is -0.235. The van der Waals surface area contributed by atoms with Crippen molar-refractivity contribution in [1.29, 1.82) is 0 Å². The fourth-order valence-electron chi connectivity index (χ4n) is 2.76. The highest BCUT2D eigenvalue weighted by Gasteiger charge is 2.32. The Hall–Kier alpha value is -1.80. The van der Waals surface area contributed by atoms with E-state index in [2.05, 4.69) is 30.7 Å². The van der Waals surface area contributed by atoms with Crippen LogP contribution in [0.25, 0.3) is 0 Å². The van der Waals surface area contributed by atoms with Gasteiger partial charge in [0, 0.05) is 18.0 Å². The molecular weight excluding hydrogens is 302 g/mol. The van der Waals surface area contributed by atoms with E-state index in [-0.39, 0.29) is 17.8 Å². The molecule has 1 N–H and O–H groups in total. The van der Waals surface area contributed by atoms with E-state index >= 15 is 0 Å². The predicted octanol–water partition coefficient (Wildman–Crippen LogP) is 1.76. The molecule has 2 aliphatic rings. The Labute approximate surface area is 131 Å². The summed E-state index contributed by atoms with van der Waals surface area (Å²) in [6.07, 6.45) is 4.14. The molecule has 1 aliphatic heterocycles. The van der Waals surface area contributed by atoms with Gasteiger partial charge in [0.1, 0.15) is 0 Å². The van der Waals surface area contributed by atoms with E-state index in [0.717, 1.165) is 44.5 Å². The molecule has 1 saturated carbocycles. The Balaban J connectivity index is 1.45. The molecule has 116 valence electrons. The van der Waals surface area contributed by atoms with Gasteiger partial charge in [-0.3, -0.25) is 9.69 Å². The minimum Gasteiger partial charge on any atom is -0.346 e. The van der Waals surface area contributed by atoms with Gasteiger partial charge in [-0.05, 0) is 32.2 Å². The number of carbonyl (C=O) groups excluding carboxylic acids is 1. The van der Waals surface area contributed by atoms with Crippen molar-refractivity contribution in [3.05, 3.63) is 28.3 Å². The zero-order valence-corrected chi connectivity index (χ0v) is 12.9. The van der Waals surface area contributed by atoms with Crippen molar-refractivity contribution in [2.75, 3.05) is 6.54 Å². The number of carbonyl (C=O) groups is 1. The second kappa shape index (κ2) is 5.77. The number of nitrogens with zero attached hydrogens (tertiary/aromatic N) is 4. The van der Waals surface area contributed by atoms with E-state index in [9.17, 15) is 4.79 Å². The number of amides is 1. The molecule has 22 heavy (non-hydrogen) atoms. The van der Waals surface area contributed by atoms with Crippen LogP contribution in [0.15, 0.2) is 15.4 Å². The Bertz CT molecular complexity index is 652. The molecule has 7 nitrogen and oxygen atoms in total. The molecule has 0 aromatic carbocycles. The van der Waals surface area contributed by atoms with Crippen LogP contribution in [-0.2, 0) is 6.54 Å². The molecule has 0 radical (unpaired) electrons. The zero-order valence-electron chi connectivity index (χ0n) is 12.1. The van der Waals surface area contributed by atoms with Crippen LogP contribution in [0.2, 0.25) is 0 Å². The highest BCUT2D eigenvalue weighted by atomic mass is 32.1. The van der Waals surface area contributed by atoms with Crippen LogP contribution in [0.1, 0.15) is 53.9 Å². The number of rotatable bonds is 5. The topological polar surface area (TPSA) is 84.2 Å². The summed E-state index contributed by atoms with van der Waals surface area (Å²) in [4.78, 5) is 22.9. The second-order valence-corrected chi connectivity index (χ2v) is 6.53. The fourth-order valence-corrected chi connectivity index (χ4v) is 3.31. The summed E-state index contributed by atoms with van der Waals surface area (Å²) in [5.41, 5.74) is 2.90. The monoisotopic (exact) mass is 319 g/mol. The van der Waals surface area contributed by atoms with Crippen molar-refractivity contribution < 1.29 is 9.32 Å². The number of aromatic nitrogens is 3. The van der Waals surface area contributed by atoms with Gasteiger partial charge in [0.05, 0.1) is 17.2 Å². The van der Waals surface area contributed by atoms with Gasteiger partial charge in [0.2, 0.25) is 5.89 Å². The second-order valence-electron chi connectivity index (χ2n) is 5.81. The highest BCUT2D eigenvalue weighted by Crippen LogP contribution is 2.32. The van der Waals surface area contributed by atoms with Crippen molar-refractivity contribution in [2.45, 2.75) is 44.3 Å². The lowest BCUT2D eigenvalue weighted by atomic mass is 10.2. The van der Waals surface area contributed by atoms with Crippen LogP contribution < -0.4 is 5.32 Å². The van der Waals surface area contributed by atoms with E-state index in [1.165, 1.54) is 0 Å². The predicted molar refractivity (Wildman–Crippen MR) is 79.3 cm³/mol. The lowest BCUT2D eigenvalue weighted by Gasteiger charge is -2.20. The first-order valence-electron chi connectivity index (χ1n) is 7.55. The number of likely N-dealkylation sites (tertiary alicyclic amines) is 1.